The van der Waals surface area contributed by atoms with Gasteiger partial charge in [-0.15, -0.1) is 0 Å². The van der Waals surface area contributed by atoms with E-state index in [1.54, 1.807) is 47.4 Å². The maximum absolute atomic E-state index is 12.4. The highest BCUT2D eigenvalue weighted by atomic mass is 16.6. The van der Waals surface area contributed by atoms with Crippen LogP contribution in [0.4, 0.5) is 4.79 Å². The van der Waals surface area contributed by atoms with Crippen molar-refractivity contribution in [2.75, 3.05) is 20.3 Å². The van der Waals surface area contributed by atoms with Gasteiger partial charge in [-0.1, -0.05) is 12.1 Å². The van der Waals surface area contributed by atoms with E-state index in [1.165, 1.54) is 12.0 Å². The minimum absolute atomic E-state index is 0.00663. The van der Waals surface area contributed by atoms with Crippen LogP contribution in [0.25, 0.3) is 0 Å². The smallest absolute Gasteiger partial charge is 0.410 e. The lowest BCUT2D eigenvalue weighted by Crippen LogP contribution is -2.46. The van der Waals surface area contributed by atoms with Crippen molar-refractivity contribution < 1.29 is 23.9 Å². The van der Waals surface area contributed by atoms with Gasteiger partial charge in [-0.2, -0.15) is 5.10 Å². The Kier molecular flexibility index (Phi) is 5.70. The molecule has 1 fully saturated rings. The molecule has 9 nitrogen and oxygen atoms in total. The van der Waals surface area contributed by atoms with Crippen LogP contribution < -0.4 is 5.32 Å². The molecule has 0 aliphatic carbocycles. The summed E-state index contributed by atoms with van der Waals surface area (Å²) in [6, 6.07) is 7.76. The molecule has 2 heterocycles. The Balaban J connectivity index is 1.58. The molecule has 1 aromatic heterocycles. The quantitative estimate of drug-likeness (QED) is 0.722. The molecule has 2 amide bonds. The summed E-state index contributed by atoms with van der Waals surface area (Å²) in [7, 11) is 1.31. The number of nitrogens with one attached hydrogen (secondary N) is 1. The molecule has 1 aliphatic rings. The van der Waals surface area contributed by atoms with Gasteiger partial charge in [-0.3, -0.25) is 14.4 Å². The zero-order chi connectivity index (χ0) is 19.2. The van der Waals surface area contributed by atoms with Crippen molar-refractivity contribution in [2.24, 2.45) is 0 Å². The summed E-state index contributed by atoms with van der Waals surface area (Å²) in [5.41, 5.74) is 1.19. The summed E-state index contributed by atoms with van der Waals surface area (Å²) in [5, 5.41) is 6.86. The molecule has 1 saturated heterocycles. The first-order chi connectivity index (χ1) is 13.1. The van der Waals surface area contributed by atoms with Gasteiger partial charge < -0.3 is 14.8 Å². The van der Waals surface area contributed by atoms with Gasteiger partial charge in [0.25, 0.3) is 0 Å². The zero-order valence-electron chi connectivity index (χ0n) is 14.8. The Morgan fingerprint density at radius 1 is 1.33 bits per heavy atom. The largest absolute Gasteiger partial charge is 0.465 e. The Hall–Kier alpha value is -3.36. The Bertz CT molecular complexity index is 804. The maximum Gasteiger partial charge on any atom is 0.410 e. The number of esters is 1. The molecule has 0 radical (unpaired) electrons. The molecule has 142 valence electrons. The number of amides is 2. The fraction of sp³-hybridized carbons (Fsp3) is 0.333. The summed E-state index contributed by atoms with van der Waals surface area (Å²) in [5.74, 6) is -0.712. The number of hydrogen-bond acceptors (Lipinski definition) is 6. The summed E-state index contributed by atoms with van der Waals surface area (Å²) in [4.78, 5) is 37.3. The van der Waals surface area contributed by atoms with Gasteiger partial charge in [-0.05, 0) is 23.8 Å². The molecule has 27 heavy (non-hydrogen) atoms. The van der Waals surface area contributed by atoms with Crippen molar-refractivity contribution >= 4 is 18.0 Å². The third-order valence-corrected chi connectivity index (χ3v) is 4.21. The van der Waals surface area contributed by atoms with Crippen molar-refractivity contribution in [1.29, 1.82) is 0 Å². The molecular formula is C18H20N4O5. The molecule has 0 bridgehead atoms. The van der Waals surface area contributed by atoms with Crippen LogP contribution in [0.15, 0.2) is 42.7 Å². The van der Waals surface area contributed by atoms with Crippen molar-refractivity contribution in [1.82, 2.24) is 20.0 Å². The standard InChI is InChI=1S/C18H20N4O5/c1-26-17(24)14-5-3-13(4-6-14)11-22-15(12-27-18(22)25)16(23)19-8-10-21-9-2-7-20-21/h2-7,9,15H,8,10-12H2,1H3,(H,19,23)/t15-/m0/s1. The highest BCUT2D eigenvalue weighted by Crippen LogP contribution is 2.17. The number of nitrogens with zero attached hydrogens (tertiary/aromatic N) is 3. The minimum Gasteiger partial charge on any atom is -0.465 e. The van der Waals surface area contributed by atoms with E-state index in [4.69, 9.17) is 4.74 Å². The molecule has 1 atom stereocenters. The van der Waals surface area contributed by atoms with Crippen LogP contribution >= 0.6 is 0 Å². The predicted octanol–water partition coefficient (Wildman–Crippen LogP) is 0.807. The molecule has 0 unspecified atom stereocenters. The van der Waals surface area contributed by atoms with Crippen LogP contribution in [0.1, 0.15) is 15.9 Å². The Morgan fingerprint density at radius 2 is 2.11 bits per heavy atom. The number of rotatable bonds is 7. The fourth-order valence-corrected chi connectivity index (χ4v) is 2.75. The number of ether oxygens (including phenoxy) is 2. The fourth-order valence-electron chi connectivity index (χ4n) is 2.75. The maximum atomic E-state index is 12.4. The van der Waals surface area contributed by atoms with Gasteiger partial charge >= 0.3 is 12.1 Å². The van der Waals surface area contributed by atoms with Gasteiger partial charge in [-0.25, -0.2) is 9.59 Å². The van der Waals surface area contributed by atoms with Gasteiger partial charge in [0.05, 0.1) is 25.8 Å². The monoisotopic (exact) mass is 372 g/mol. The van der Waals surface area contributed by atoms with E-state index in [0.29, 0.717) is 18.7 Å². The highest BCUT2D eigenvalue weighted by Gasteiger charge is 2.37. The number of hydrogen-bond donors (Lipinski definition) is 1. The van der Waals surface area contributed by atoms with E-state index in [2.05, 4.69) is 15.2 Å². The number of cyclic esters (lactones) is 1. The Labute approximate surface area is 155 Å². The molecular weight excluding hydrogens is 352 g/mol. The van der Waals surface area contributed by atoms with Crippen LogP contribution in [0.2, 0.25) is 0 Å². The van der Waals surface area contributed by atoms with Crippen LogP contribution in [0.5, 0.6) is 0 Å². The molecule has 2 aromatic rings. The summed E-state index contributed by atoms with van der Waals surface area (Å²) < 4.78 is 11.4. The van der Waals surface area contributed by atoms with Gasteiger partial charge in [0, 0.05) is 18.9 Å². The molecule has 1 aliphatic heterocycles. The Morgan fingerprint density at radius 3 is 2.78 bits per heavy atom. The second-order valence-corrected chi connectivity index (χ2v) is 5.97. The number of carbonyl (C=O) groups excluding carboxylic acids is 3. The third-order valence-electron chi connectivity index (χ3n) is 4.21. The van der Waals surface area contributed by atoms with E-state index < -0.39 is 18.1 Å². The van der Waals surface area contributed by atoms with E-state index >= 15 is 0 Å². The van der Waals surface area contributed by atoms with E-state index in [1.807, 2.05) is 0 Å². The average molecular weight is 372 g/mol. The van der Waals surface area contributed by atoms with Crippen molar-refractivity contribution in [3.8, 4) is 0 Å². The number of benzene rings is 1. The predicted molar refractivity (Wildman–Crippen MR) is 93.7 cm³/mol. The molecule has 0 saturated carbocycles. The van der Waals surface area contributed by atoms with Crippen LogP contribution in [0, 0.1) is 0 Å². The van der Waals surface area contributed by atoms with Crippen LogP contribution in [0.3, 0.4) is 0 Å². The number of carbonyl (C=O) groups is 3. The molecule has 9 heteroatoms. The van der Waals surface area contributed by atoms with Crippen molar-refractivity contribution in [3.63, 3.8) is 0 Å². The first-order valence-corrected chi connectivity index (χ1v) is 8.44. The lowest BCUT2D eigenvalue weighted by molar-refractivity contribution is -0.125. The lowest BCUT2D eigenvalue weighted by atomic mass is 10.1. The molecule has 0 spiro atoms. The van der Waals surface area contributed by atoms with E-state index in [0.717, 1.165) is 5.56 Å². The summed E-state index contributed by atoms with van der Waals surface area (Å²) in [6.45, 7) is 1.15. The van der Waals surface area contributed by atoms with Gasteiger partial charge in [0.2, 0.25) is 5.91 Å². The third kappa shape index (κ3) is 4.43. The van der Waals surface area contributed by atoms with Crippen molar-refractivity contribution in [3.05, 3.63) is 53.9 Å². The number of methoxy groups -OCH3 is 1. The molecule has 3 rings (SSSR count). The normalized spacial score (nSPS) is 16.1. The first-order valence-electron chi connectivity index (χ1n) is 8.44. The lowest BCUT2D eigenvalue weighted by Gasteiger charge is -2.21. The average Bonchev–Trinajstić information content (AvgIpc) is 3.32. The van der Waals surface area contributed by atoms with E-state index in [-0.39, 0.29) is 19.1 Å². The summed E-state index contributed by atoms with van der Waals surface area (Å²) in [6.07, 6.45) is 2.93. The number of aromatic nitrogens is 2. The van der Waals surface area contributed by atoms with Crippen LogP contribution in [-0.4, -0.2) is 59.0 Å². The van der Waals surface area contributed by atoms with Crippen molar-refractivity contribution in [2.45, 2.75) is 19.1 Å². The highest BCUT2D eigenvalue weighted by molar-refractivity contribution is 5.89. The zero-order valence-corrected chi connectivity index (χ0v) is 14.8. The first kappa shape index (κ1) is 18.4. The molecule has 1 aromatic carbocycles. The second kappa shape index (κ2) is 8.35. The van der Waals surface area contributed by atoms with Crippen LogP contribution in [-0.2, 0) is 27.4 Å². The van der Waals surface area contributed by atoms with Gasteiger partial charge in [0.15, 0.2) is 0 Å². The van der Waals surface area contributed by atoms with Gasteiger partial charge in [0.1, 0.15) is 12.6 Å². The van der Waals surface area contributed by atoms with E-state index in [9.17, 15) is 14.4 Å². The SMILES string of the molecule is COC(=O)c1ccc(CN2C(=O)OC[C@H]2C(=O)NCCn2cccn2)cc1. The molecule has 1 N–H and O–H groups in total. The second-order valence-electron chi connectivity index (χ2n) is 5.97. The topological polar surface area (TPSA) is 103 Å². The summed E-state index contributed by atoms with van der Waals surface area (Å²) >= 11 is 0. The minimum atomic E-state index is -0.699.